The van der Waals surface area contributed by atoms with Gasteiger partial charge in [0.05, 0.1) is 6.54 Å². The number of halogens is 2. The van der Waals surface area contributed by atoms with E-state index >= 15 is 0 Å². The van der Waals surface area contributed by atoms with Gasteiger partial charge in [-0.15, -0.1) is 0 Å². The minimum absolute atomic E-state index is 0.454. The van der Waals surface area contributed by atoms with Gasteiger partial charge in [0.2, 0.25) is 0 Å². The molecule has 28 heavy (non-hydrogen) atoms. The molecule has 5 nitrogen and oxygen atoms in total. The van der Waals surface area contributed by atoms with Gasteiger partial charge in [-0.05, 0) is 42.9 Å². The Bertz CT molecular complexity index is 834. The summed E-state index contributed by atoms with van der Waals surface area (Å²) < 4.78 is 5.78. The summed E-state index contributed by atoms with van der Waals surface area (Å²) in [6.45, 7) is 7.21. The van der Waals surface area contributed by atoms with Gasteiger partial charge in [-0.2, -0.15) is 10.1 Å². The lowest BCUT2D eigenvalue weighted by atomic mass is 9.98. The third kappa shape index (κ3) is 4.85. The van der Waals surface area contributed by atoms with Crippen molar-refractivity contribution in [2.75, 3.05) is 26.2 Å². The Hall–Kier alpha value is -2.08. The third-order valence-corrected chi connectivity index (χ3v) is 5.25. The van der Waals surface area contributed by atoms with Crippen molar-refractivity contribution in [1.82, 2.24) is 9.91 Å². The van der Waals surface area contributed by atoms with E-state index in [-0.39, 0.29) is 0 Å². The van der Waals surface area contributed by atoms with Gasteiger partial charge in [-0.3, -0.25) is 0 Å². The molecule has 0 saturated carbocycles. The third-order valence-electron chi connectivity index (χ3n) is 4.74. The van der Waals surface area contributed by atoms with Gasteiger partial charge in [0.25, 0.3) is 0 Å². The molecule has 1 amide bonds. The number of likely N-dealkylation sites (N-methyl/N-ethyl adjacent to an activating group) is 1. The van der Waals surface area contributed by atoms with Gasteiger partial charge in [0, 0.05) is 22.2 Å². The molecular weight excluding hydrogens is 397 g/mol. The summed E-state index contributed by atoms with van der Waals surface area (Å²) in [6.07, 6.45) is -1.06. The van der Waals surface area contributed by atoms with Crippen LogP contribution in [-0.4, -0.2) is 47.9 Å². The highest BCUT2D eigenvalue weighted by atomic mass is 35.5. The number of rotatable bonds is 7. The standard InChI is InChI=1S/C21H23Cl2N3O2/c1-3-25(4-2)13-14-26-21(27)28-20(16-7-11-18(23)12-8-16)19(24-26)15-5-9-17(22)10-6-15/h5-12,20H,3-4,13-14H2,1-2H3. The fourth-order valence-electron chi connectivity index (χ4n) is 3.05. The van der Waals surface area contributed by atoms with Crippen LogP contribution in [0, 0.1) is 0 Å². The summed E-state index contributed by atoms with van der Waals surface area (Å²) in [4.78, 5) is 14.8. The quantitative estimate of drug-likeness (QED) is 0.616. The van der Waals surface area contributed by atoms with Crippen molar-refractivity contribution in [1.29, 1.82) is 0 Å². The van der Waals surface area contributed by atoms with Crippen molar-refractivity contribution in [3.05, 3.63) is 69.7 Å². The zero-order valence-electron chi connectivity index (χ0n) is 15.9. The first-order chi connectivity index (χ1) is 13.5. The lowest BCUT2D eigenvalue weighted by Gasteiger charge is -2.31. The maximum absolute atomic E-state index is 12.6. The van der Waals surface area contributed by atoms with Crippen LogP contribution in [0.5, 0.6) is 0 Å². The number of amides is 1. The molecule has 3 rings (SSSR count). The first-order valence-electron chi connectivity index (χ1n) is 9.32. The van der Waals surface area contributed by atoms with Crippen LogP contribution >= 0.6 is 23.2 Å². The number of hydrogen-bond donors (Lipinski definition) is 0. The molecule has 0 radical (unpaired) electrons. The van der Waals surface area contributed by atoms with Crippen LogP contribution < -0.4 is 0 Å². The summed E-state index contributed by atoms with van der Waals surface area (Å²) in [7, 11) is 0. The average molecular weight is 420 g/mol. The summed E-state index contributed by atoms with van der Waals surface area (Å²) in [5.41, 5.74) is 2.33. The fourth-order valence-corrected chi connectivity index (χ4v) is 3.30. The normalized spacial score (nSPS) is 16.9. The minimum atomic E-state index is -0.601. The molecule has 0 fully saturated rings. The maximum Gasteiger partial charge on any atom is 0.431 e. The highest BCUT2D eigenvalue weighted by Gasteiger charge is 2.33. The van der Waals surface area contributed by atoms with Gasteiger partial charge in [0.1, 0.15) is 5.71 Å². The molecular formula is C21H23Cl2N3O2. The number of benzene rings is 2. The lowest BCUT2D eigenvalue weighted by molar-refractivity contribution is 0.0711. The summed E-state index contributed by atoms with van der Waals surface area (Å²) >= 11 is 12.0. The zero-order valence-corrected chi connectivity index (χ0v) is 17.5. The Kier molecular flexibility index (Phi) is 6.94. The predicted octanol–water partition coefficient (Wildman–Crippen LogP) is 5.23. The Balaban J connectivity index is 1.94. The maximum atomic E-state index is 12.6. The Morgan fingerprint density at radius 1 is 1.00 bits per heavy atom. The van der Waals surface area contributed by atoms with Gasteiger partial charge in [0.15, 0.2) is 6.10 Å². The van der Waals surface area contributed by atoms with E-state index in [1.807, 2.05) is 24.3 Å². The molecule has 1 aliphatic heterocycles. The molecule has 1 heterocycles. The van der Waals surface area contributed by atoms with Crippen LogP contribution in [0.2, 0.25) is 10.0 Å². The minimum Gasteiger partial charge on any atom is -0.433 e. The topological polar surface area (TPSA) is 45.1 Å². The van der Waals surface area contributed by atoms with E-state index in [9.17, 15) is 4.79 Å². The number of hydrogen-bond acceptors (Lipinski definition) is 4. The lowest BCUT2D eigenvalue weighted by Crippen LogP contribution is -2.41. The molecule has 0 N–H and O–H groups in total. The van der Waals surface area contributed by atoms with Crippen LogP contribution in [0.4, 0.5) is 4.79 Å². The summed E-state index contributed by atoms with van der Waals surface area (Å²) in [5, 5.41) is 7.31. The number of hydrazone groups is 1. The number of carbonyl (C=O) groups excluding carboxylic acids is 1. The van der Waals surface area contributed by atoms with E-state index in [1.165, 1.54) is 5.01 Å². The van der Waals surface area contributed by atoms with Crippen molar-refractivity contribution >= 4 is 35.0 Å². The van der Waals surface area contributed by atoms with Crippen molar-refractivity contribution in [2.45, 2.75) is 20.0 Å². The van der Waals surface area contributed by atoms with Crippen LogP contribution in [-0.2, 0) is 4.74 Å². The summed E-state index contributed by atoms with van der Waals surface area (Å²) in [6, 6.07) is 14.6. The fraction of sp³-hybridized carbons (Fsp3) is 0.333. The molecule has 1 atom stereocenters. The summed E-state index contributed by atoms with van der Waals surface area (Å²) in [5.74, 6) is 0. The highest BCUT2D eigenvalue weighted by Crippen LogP contribution is 2.29. The van der Waals surface area contributed by atoms with E-state index in [2.05, 4.69) is 23.8 Å². The molecule has 1 aliphatic rings. The van der Waals surface area contributed by atoms with Crippen molar-refractivity contribution < 1.29 is 9.53 Å². The Morgan fingerprint density at radius 2 is 1.57 bits per heavy atom. The van der Waals surface area contributed by atoms with Crippen LogP contribution in [0.25, 0.3) is 0 Å². The molecule has 2 aromatic carbocycles. The smallest absolute Gasteiger partial charge is 0.431 e. The molecule has 0 aliphatic carbocycles. The molecule has 0 saturated heterocycles. The first-order valence-corrected chi connectivity index (χ1v) is 10.1. The molecule has 2 aromatic rings. The Morgan fingerprint density at radius 3 is 2.14 bits per heavy atom. The van der Waals surface area contributed by atoms with Gasteiger partial charge < -0.3 is 9.64 Å². The van der Waals surface area contributed by atoms with E-state index < -0.39 is 12.2 Å². The molecule has 1 unspecified atom stereocenters. The zero-order chi connectivity index (χ0) is 20.1. The second-order valence-electron chi connectivity index (χ2n) is 6.46. The van der Waals surface area contributed by atoms with Crippen LogP contribution in [0.3, 0.4) is 0 Å². The van der Waals surface area contributed by atoms with Gasteiger partial charge in [-0.1, -0.05) is 61.3 Å². The average Bonchev–Trinajstić information content (AvgIpc) is 2.71. The highest BCUT2D eigenvalue weighted by molar-refractivity contribution is 6.31. The van der Waals surface area contributed by atoms with E-state index in [1.54, 1.807) is 24.3 Å². The molecule has 0 aromatic heterocycles. The van der Waals surface area contributed by atoms with Crippen molar-refractivity contribution in [2.24, 2.45) is 5.10 Å². The van der Waals surface area contributed by atoms with E-state index in [0.717, 1.165) is 30.8 Å². The number of ether oxygens (including phenoxy) is 1. The number of carbonyl (C=O) groups is 1. The molecule has 148 valence electrons. The predicted molar refractivity (Wildman–Crippen MR) is 113 cm³/mol. The van der Waals surface area contributed by atoms with Crippen molar-refractivity contribution in [3.8, 4) is 0 Å². The Labute approximate surface area is 175 Å². The second kappa shape index (κ2) is 9.41. The monoisotopic (exact) mass is 419 g/mol. The molecule has 0 spiro atoms. The first kappa shape index (κ1) is 20.6. The van der Waals surface area contributed by atoms with E-state index in [0.29, 0.717) is 22.3 Å². The van der Waals surface area contributed by atoms with Crippen molar-refractivity contribution in [3.63, 3.8) is 0 Å². The number of nitrogens with zero attached hydrogens (tertiary/aromatic N) is 3. The SMILES string of the molecule is CCN(CC)CCN1N=C(c2ccc(Cl)cc2)C(c2ccc(Cl)cc2)OC1=O. The van der Waals surface area contributed by atoms with E-state index in [4.69, 9.17) is 27.9 Å². The molecule has 7 heteroatoms. The largest absolute Gasteiger partial charge is 0.433 e. The van der Waals surface area contributed by atoms with Gasteiger partial charge in [-0.25, -0.2) is 4.79 Å². The second-order valence-corrected chi connectivity index (χ2v) is 7.33. The van der Waals surface area contributed by atoms with Gasteiger partial charge >= 0.3 is 6.09 Å². The number of cyclic esters (lactones) is 1. The van der Waals surface area contributed by atoms with Crippen LogP contribution in [0.1, 0.15) is 31.1 Å². The van der Waals surface area contributed by atoms with Crippen LogP contribution in [0.15, 0.2) is 53.6 Å². The molecule has 0 bridgehead atoms.